The number of benzene rings is 1. The van der Waals surface area contributed by atoms with Gasteiger partial charge in [-0.05, 0) is 37.5 Å². The van der Waals surface area contributed by atoms with Crippen LogP contribution in [0, 0.1) is 0 Å². The predicted octanol–water partition coefficient (Wildman–Crippen LogP) is 1.70. The predicted molar refractivity (Wildman–Crippen MR) is 76.9 cm³/mol. The van der Waals surface area contributed by atoms with Crippen molar-refractivity contribution in [3.63, 3.8) is 0 Å². The second-order valence-corrected chi connectivity index (χ2v) is 6.58. The summed E-state index contributed by atoms with van der Waals surface area (Å²) in [5.74, 6) is -0.336. The largest absolute Gasteiger partial charge is 0.495 e. The fraction of sp³-hybridized carbons (Fsp3) is 0.500. The van der Waals surface area contributed by atoms with Gasteiger partial charge < -0.3 is 9.47 Å². The number of carbonyl (C=O) groups is 1. The van der Waals surface area contributed by atoms with Gasteiger partial charge in [-0.2, -0.15) is 0 Å². The van der Waals surface area contributed by atoms with Gasteiger partial charge in [-0.25, -0.2) is 17.9 Å². The average Bonchev–Trinajstić information content (AvgIpc) is 3.27. The average molecular weight is 313 g/mol. The van der Waals surface area contributed by atoms with Gasteiger partial charge >= 0.3 is 5.97 Å². The molecule has 1 fully saturated rings. The first kappa shape index (κ1) is 15.8. The molecule has 0 bridgehead atoms. The molecule has 0 radical (unpaired) electrons. The monoisotopic (exact) mass is 313 g/mol. The van der Waals surface area contributed by atoms with Crippen LogP contribution in [0.25, 0.3) is 0 Å². The molecular formula is C14H19NO5S. The van der Waals surface area contributed by atoms with Crippen molar-refractivity contribution in [3.05, 3.63) is 23.8 Å². The summed E-state index contributed by atoms with van der Waals surface area (Å²) < 4.78 is 37.3. The molecule has 0 aliphatic heterocycles. The minimum absolute atomic E-state index is 0.0181. The first-order chi connectivity index (χ1) is 9.97. The lowest BCUT2D eigenvalue weighted by atomic mass is 10.2. The van der Waals surface area contributed by atoms with Crippen LogP contribution in [0.1, 0.15) is 36.5 Å². The molecule has 2 rings (SSSR count). The number of nitrogens with one attached hydrogen (secondary N) is 1. The van der Waals surface area contributed by atoms with Crippen LogP contribution in [0.5, 0.6) is 5.75 Å². The minimum Gasteiger partial charge on any atom is -0.495 e. The molecule has 0 atom stereocenters. The molecular weight excluding hydrogens is 294 g/mol. The highest BCUT2D eigenvalue weighted by Gasteiger charge is 2.30. The zero-order valence-electron chi connectivity index (χ0n) is 12.1. The summed E-state index contributed by atoms with van der Waals surface area (Å²) in [6.45, 7) is 2.18. The summed E-state index contributed by atoms with van der Waals surface area (Å²) in [7, 11) is -2.31. The summed E-state index contributed by atoms with van der Waals surface area (Å²) in [4.78, 5) is 11.8. The van der Waals surface area contributed by atoms with E-state index in [9.17, 15) is 13.2 Å². The van der Waals surface area contributed by atoms with Crippen LogP contribution in [0.15, 0.2) is 23.1 Å². The Labute approximate surface area is 124 Å². The van der Waals surface area contributed by atoms with Crippen LogP contribution in [0.4, 0.5) is 0 Å². The van der Waals surface area contributed by atoms with Gasteiger partial charge in [0, 0.05) is 6.04 Å². The van der Waals surface area contributed by atoms with Crippen molar-refractivity contribution in [2.24, 2.45) is 0 Å². The van der Waals surface area contributed by atoms with Gasteiger partial charge in [0.25, 0.3) is 0 Å². The molecule has 0 heterocycles. The number of ether oxygens (including phenoxy) is 2. The van der Waals surface area contributed by atoms with Gasteiger partial charge in [-0.15, -0.1) is 0 Å². The van der Waals surface area contributed by atoms with Crippen LogP contribution in [-0.2, 0) is 14.8 Å². The van der Waals surface area contributed by atoms with Crippen molar-refractivity contribution in [3.8, 4) is 5.75 Å². The van der Waals surface area contributed by atoms with Crippen molar-refractivity contribution >= 4 is 16.0 Å². The lowest BCUT2D eigenvalue weighted by Gasteiger charge is -2.12. The first-order valence-electron chi connectivity index (χ1n) is 6.85. The SMILES string of the molecule is CCCOC(=O)c1ccc(OC)c(S(=O)(=O)NC2CC2)c1. The molecule has 7 heteroatoms. The highest BCUT2D eigenvalue weighted by atomic mass is 32.2. The molecule has 1 aromatic carbocycles. The summed E-state index contributed by atoms with van der Waals surface area (Å²) >= 11 is 0. The van der Waals surface area contributed by atoms with Gasteiger partial charge in [0.2, 0.25) is 10.0 Å². The Morgan fingerprint density at radius 1 is 1.38 bits per heavy atom. The smallest absolute Gasteiger partial charge is 0.338 e. The van der Waals surface area contributed by atoms with Gasteiger partial charge in [-0.3, -0.25) is 0 Å². The second kappa shape index (κ2) is 6.44. The van der Waals surface area contributed by atoms with E-state index in [0.29, 0.717) is 13.0 Å². The summed E-state index contributed by atoms with van der Waals surface area (Å²) in [6, 6.07) is 4.23. The number of hydrogen-bond donors (Lipinski definition) is 1. The minimum atomic E-state index is -3.70. The third kappa shape index (κ3) is 3.95. The first-order valence-corrected chi connectivity index (χ1v) is 8.33. The van der Waals surface area contributed by atoms with Crippen molar-refractivity contribution in [2.45, 2.75) is 37.1 Å². The maximum absolute atomic E-state index is 12.3. The zero-order chi connectivity index (χ0) is 15.5. The van der Waals surface area contributed by atoms with Crippen molar-refractivity contribution < 1.29 is 22.7 Å². The highest BCUT2D eigenvalue weighted by Crippen LogP contribution is 2.28. The van der Waals surface area contributed by atoms with Crippen LogP contribution in [0.2, 0.25) is 0 Å². The Bertz CT molecular complexity index is 622. The quantitative estimate of drug-likeness (QED) is 0.775. The lowest BCUT2D eigenvalue weighted by molar-refractivity contribution is 0.0505. The van der Waals surface area contributed by atoms with Crippen molar-refractivity contribution in [2.75, 3.05) is 13.7 Å². The lowest BCUT2D eigenvalue weighted by Crippen LogP contribution is -2.26. The standard InChI is InChI=1S/C14H19NO5S/c1-3-8-20-14(16)10-4-7-12(19-2)13(9-10)21(17,18)15-11-5-6-11/h4,7,9,11,15H,3,5-6,8H2,1-2H3. The Balaban J connectivity index is 2.31. The number of carbonyl (C=O) groups excluding carboxylic acids is 1. The Kier molecular flexibility index (Phi) is 4.84. The molecule has 1 aliphatic rings. The number of hydrogen-bond acceptors (Lipinski definition) is 5. The maximum Gasteiger partial charge on any atom is 0.338 e. The third-order valence-electron chi connectivity index (χ3n) is 3.03. The summed E-state index contributed by atoms with van der Waals surface area (Å²) in [6.07, 6.45) is 2.37. The van der Waals surface area contributed by atoms with Crippen LogP contribution in [-0.4, -0.2) is 34.1 Å². The second-order valence-electron chi connectivity index (χ2n) is 4.90. The van der Waals surface area contributed by atoms with Crippen LogP contribution in [0.3, 0.4) is 0 Å². The highest BCUT2D eigenvalue weighted by molar-refractivity contribution is 7.89. The number of rotatable bonds is 7. The number of sulfonamides is 1. The Morgan fingerprint density at radius 2 is 2.10 bits per heavy atom. The molecule has 0 amide bonds. The van der Waals surface area contributed by atoms with E-state index in [1.807, 2.05) is 6.92 Å². The molecule has 0 spiro atoms. The molecule has 21 heavy (non-hydrogen) atoms. The third-order valence-corrected chi connectivity index (χ3v) is 4.57. The van der Waals surface area contributed by atoms with E-state index in [4.69, 9.17) is 9.47 Å². The number of esters is 1. The molecule has 0 saturated heterocycles. The number of methoxy groups -OCH3 is 1. The van der Waals surface area contributed by atoms with Crippen molar-refractivity contribution in [1.29, 1.82) is 0 Å². The van der Waals surface area contributed by atoms with E-state index in [-0.39, 0.29) is 22.3 Å². The van der Waals surface area contributed by atoms with Gasteiger partial charge in [0.15, 0.2) is 0 Å². The van der Waals surface area contributed by atoms with E-state index in [2.05, 4.69) is 4.72 Å². The van der Waals surface area contributed by atoms with Crippen LogP contribution >= 0.6 is 0 Å². The van der Waals surface area contributed by atoms with E-state index in [1.54, 1.807) is 0 Å². The topological polar surface area (TPSA) is 81.7 Å². The molecule has 0 unspecified atom stereocenters. The molecule has 1 N–H and O–H groups in total. The molecule has 1 aliphatic carbocycles. The Morgan fingerprint density at radius 3 is 2.67 bits per heavy atom. The molecule has 6 nitrogen and oxygen atoms in total. The molecule has 1 saturated carbocycles. The molecule has 1 aromatic rings. The normalized spacial score (nSPS) is 14.8. The summed E-state index contributed by atoms with van der Waals surface area (Å²) in [5, 5.41) is 0. The van der Waals surface area contributed by atoms with E-state index in [0.717, 1.165) is 12.8 Å². The molecule has 0 aromatic heterocycles. The van der Waals surface area contributed by atoms with E-state index >= 15 is 0 Å². The Hall–Kier alpha value is -1.60. The van der Waals surface area contributed by atoms with E-state index < -0.39 is 16.0 Å². The zero-order valence-corrected chi connectivity index (χ0v) is 12.9. The summed E-state index contributed by atoms with van der Waals surface area (Å²) in [5.41, 5.74) is 0.195. The fourth-order valence-electron chi connectivity index (χ4n) is 1.78. The molecule has 116 valence electrons. The van der Waals surface area contributed by atoms with E-state index in [1.165, 1.54) is 25.3 Å². The van der Waals surface area contributed by atoms with Gasteiger partial charge in [-0.1, -0.05) is 6.92 Å². The maximum atomic E-state index is 12.3. The van der Waals surface area contributed by atoms with Crippen molar-refractivity contribution in [1.82, 2.24) is 4.72 Å². The van der Waals surface area contributed by atoms with Gasteiger partial charge in [0.05, 0.1) is 19.3 Å². The van der Waals surface area contributed by atoms with Crippen LogP contribution < -0.4 is 9.46 Å². The van der Waals surface area contributed by atoms with Gasteiger partial charge in [0.1, 0.15) is 10.6 Å². The fourth-order valence-corrected chi connectivity index (χ4v) is 3.28.